The van der Waals surface area contributed by atoms with Crippen molar-refractivity contribution in [1.29, 1.82) is 0 Å². The Morgan fingerprint density at radius 1 is 0.531 bits per heavy atom. The number of carboxylic acid groups (broad SMARTS) is 1. The van der Waals surface area contributed by atoms with E-state index in [-0.39, 0.29) is 72.4 Å². The molecule has 0 aromatic heterocycles. The molecule has 12 atom stereocenters. The maximum absolute atomic E-state index is 13.6. The topological polar surface area (TPSA) is 138 Å². The monoisotopic (exact) mass is 1160 g/mol. The Labute approximate surface area is 491 Å². The van der Waals surface area contributed by atoms with Crippen LogP contribution in [0.25, 0.3) is 0 Å². The number of halogens is 1. The number of aliphatic hydroxyl groups is 2. The molecule has 6 saturated carbocycles. The lowest BCUT2D eigenvalue weighted by Gasteiger charge is -2.70. The maximum atomic E-state index is 13.6. The highest BCUT2D eigenvalue weighted by Gasteiger charge is 2.69. The molecule has 0 radical (unpaired) electrons. The van der Waals surface area contributed by atoms with Crippen molar-refractivity contribution in [3.05, 3.63) is 164 Å². The lowest BCUT2D eigenvalue weighted by atomic mass is 9.34. The van der Waals surface area contributed by atoms with Gasteiger partial charge in [-0.2, -0.15) is 0 Å². The average Bonchev–Trinajstić information content (AvgIpc) is 3.64. The van der Waals surface area contributed by atoms with Crippen molar-refractivity contribution in [2.24, 2.45) is 66.0 Å². The fourth-order valence-corrected chi connectivity index (χ4v) is 19.1. The van der Waals surface area contributed by atoms with E-state index < -0.39 is 16.8 Å². The molecule has 10 aliphatic carbocycles. The third-order valence-corrected chi connectivity index (χ3v) is 25.6. The first-order valence-electron chi connectivity index (χ1n) is 30.2. The number of allylic oxidation sites excluding steroid dienone is 14. The molecule has 2 aromatic carbocycles. The number of aliphatic carboxylic acids is 1. The first kappa shape index (κ1) is 58.9. The third-order valence-electron chi connectivity index (χ3n) is 25.0. The molecule has 9 heteroatoms. The molecule has 10 aliphatic rings. The van der Waals surface area contributed by atoms with Gasteiger partial charge >= 0.3 is 11.9 Å². The second kappa shape index (κ2) is 20.2. The number of fused-ring (bicyclic) bond motifs is 14. The van der Waals surface area contributed by atoms with Gasteiger partial charge in [0.25, 0.3) is 0 Å². The van der Waals surface area contributed by atoms with Gasteiger partial charge in [-0.3, -0.25) is 19.2 Å². The lowest BCUT2D eigenvalue weighted by Crippen LogP contribution is -2.62. The van der Waals surface area contributed by atoms with Crippen LogP contribution in [-0.4, -0.2) is 38.8 Å². The molecule has 2 aromatic rings. The van der Waals surface area contributed by atoms with Gasteiger partial charge in [0.15, 0.2) is 11.5 Å². The van der Waals surface area contributed by atoms with Gasteiger partial charge in [0.1, 0.15) is 6.61 Å². The minimum atomic E-state index is -0.655. The van der Waals surface area contributed by atoms with E-state index in [0.717, 1.165) is 123 Å². The van der Waals surface area contributed by atoms with Crippen LogP contribution < -0.4 is 0 Å². The molecule has 0 heterocycles. The molecular weight excluding hydrogens is 1070 g/mol. The van der Waals surface area contributed by atoms with E-state index in [0.29, 0.717) is 29.6 Å². The zero-order chi connectivity index (χ0) is 58.7. The quantitative estimate of drug-likeness (QED) is 0.199. The number of benzene rings is 2. The Bertz CT molecular complexity index is 3240. The minimum absolute atomic E-state index is 0.0000746. The van der Waals surface area contributed by atoms with Crippen molar-refractivity contribution in [2.45, 2.75) is 185 Å². The minimum Gasteiger partial charge on any atom is -0.504 e. The highest BCUT2D eigenvalue weighted by atomic mass is 79.9. The van der Waals surface area contributed by atoms with E-state index in [1.54, 1.807) is 12.2 Å². The molecule has 0 unspecified atom stereocenters. The van der Waals surface area contributed by atoms with Gasteiger partial charge in [-0.1, -0.05) is 167 Å². The fraction of sp³-hybridized carbons (Fsp3) is 0.556. The van der Waals surface area contributed by atoms with Gasteiger partial charge in [-0.05, 0) is 207 Å². The van der Waals surface area contributed by atoms with E-state index in [9.17, 15) is 34.5 Å². The Morgan fingerprint density at radius 2 is 0.926 bits per heavy atom. The summed E-state index contributed by atoms with van der Waals surface area (Å²) in [5.41, 5.74) is 9.28. The first-order valence-corrected chi connectivity index (χ1v) is 31.3. The largest absolute Gasteiger partial charge is 0.504 e. The lowest BCUT2D eigenvalue weighted by molar-refractivity contribution is -0.183. The number of alkyl halides is 1. The summed E-state index contributed by atoms with van der Waals surface area (Å²) < 4.78 is 5.94. The standard InChI is InChI=1S/C36H44O4.C29H38O4.C7H7Br/c1-23-25-12-13-28-34(4,26(25)20-27(37)30(23)38)17-19-36(6)29-21-33(3,15-14-32(29,2)16-18-35(28,36)5)31(39)40-22-24-10-8-7-9-11-24;1-17-18-7-8-21-27(4,19(18)15-20(30)23(17)31)12-14-29(6)22-16-26(3,24(32)33)10-9-25(22,2)11-13-28(21,29)5;8-6-7-4-2-1-3-5-7/h7-13,20,29,38H,14-19,21-22H2,1-6H3;7-8,15,22,31H,9-14,16H2,1-6H3,(H,32,33);1-5H,6H2/t29-,32-,33-,34+,35-,36+;22-,25-,26-,27+,28-,29+;/m11./s1. The molecule has 0 bridgehead atoms. The number of carboxylic acids is 1. The SMILES string of the molecule is BrCc1ccccc1.CC1=C(O)C(=O)C=C2C1=CC=C1[C@@]2(C)CC[C@@]2(C)[C@@H]3C[C@](C)(C(=O)O)CC[C@]3(C)CC[C@]12C.CC1=C(O)C(=O)C=C2C1=CC=C1[C@@]2(C)CC[C@@]2(C)[C@@H]3C[C@](C)(C(=O)OCc4ccccc4)CC[C@]3(C)CC[C@]12C. The van der Waals surface area contributed by atoms with Gasteiger partial charge in [-0.15, -0.1) is 0 Å². The molecule has 12 rings (SSSR count). The second-order valence-electron chi connectivity index (χ2n) is 29.2. The Balaban J connectivity index is 0.000000162. The molecule has 432 valence electrons. The van der Waals surface area contributed by atoms with Crippen LogP contribution in [0.1, 0.15) is 184 Å². The van der Waals surface area contributed by atoms with E-state index in [4.69, 9.17) is 4.74 Å². The first-order chi connectivity index (χ1) is 37.9. The van der Waals surface area contributed by atoms with Crippen LogP contribution in [0.4, 0.5) is 0 Å². The highest BCUT2D eigenvalue weighted by molar-refractivity contribution is 9.08. The van der Waals surface area contributed by atoms with Crippen LogP contribution >= 0.6 is 15.9 Å². The van der Waals surface area contributed by atoms with Crippen LogP contribution in [0.15, 0.2) is 153 Å². The highest BCUT2D eigenvalue weighted by Crippen LogP contribution is 2.77. The number of rotatable bonds is 5. The van der Waals surface area contributed by atoms with Crippen molar-refractivity contribution < 1.29 is 39.2 Å². The molecule has 6 fully saturated rings. The summed E-state index contributed by atoms with van der Waals surface area (Å²) >= 11 is 3.36. The summed E-state index contributed by atoms with van der Waals surface area (Å²) in [5.74, 6) is -0.810. The molecule has 0 aliphatic heterocycles. The van der Waals surface area contributed by atoms with Crippen LogP contribution in [0.5, 0.6) is 0 Å². The molecule has 8 nitrogen and oxygen atoms in total. The Hall–Kier alpha value is -5.28. The van der Waals surface area contributed by atoms with Crippen molar-refractivity contribution >= 4 is 39.4 Å². The fourth-order valence-electron chi connectivity index (χ4n) is 18.8. The number of hydrogen-bond acceptors (Lipinski definition) is 7. The van der Waals surface area contributed by atoms with Crippen LogP contribution in [-0.2, 0) is 35.9 Å². The van der Waals surface area contributed by atoms with Crippen molar-refractivity contribution in [3.8, 4) is 0 Å². The average molecular weight is 1160 g/mol. The summed E-state index contributed by atoms with van der Waals surface area (Å²) in [6.45, 7) is 27.4. The molecule has 0 amide bonds. The van der Waals surface area contributed by atoms with Crippen molar-refractivity contribution in [3.63, 3.8) is 0 Å². The van der Waals surface area contributed by atoms with Crippen LogP contribution in [0.3, 0.4) is 0 Å². The second-order valence-corrected chi connectivity index (χ2v) is 29.8. The summed E-state index contributed by atoms with van der Waals surface area (Å²) in [5, 5.41) is 31.7. The van der Waals surface area contributed by atoms with Gasteiger partial charge in [0, 0.05) is 27.3 Å². The molecule has 3 N–H and O–H groups in total. The van der Waals surface area contributed by atoms with Gasteiger partial charge < -0.3 is 20.1 Å². The normalized spacial score (nSPS) is 40.0. The summed E-state index contributed by atoms with van der Waals surface area (Å²) in [7, 11) is 0. The predicted octanol–water partition coefficient (Wildman–Crippen LogP) is 17.6. The van der Waals surface area contributed by atoms with Crippen LogP contribution in [0.2, 0.25) is 0 Å². The van der Waals surface area contributed by atoms with E-state index in [1.165, 1.54) is 16.7 Å². The van der Waals surface area contributed by atoms with E-state index in [2.05, 4.69) is 115 Å². The van der Waals surface area contributed by atoms with Crippen molar-refractivity contribution in [2.75, 3.05) is 0 Å². The van der Waals surface area contributed by atoms with Crippen molar-refractivity contribution in [1.82, 2.24) is 0 Å². The predicted molar refractivity (Wildman–Crippen MR) is 325 cm³/mol. The molecule has 81 heavy (non-hydrogen) atoms. The molecule has 0 saturated heterocycles. The number of hydrogen-bond donors (Lipinski definition) is 3. The number of aliphatic hydroxyl groups excluding tert-OH is 2. The Morgan fingerprint density at radius 3 is 1.33 bits per heavy atom. The number of esters is 1. The zero-order valence-corrected chi connectivity index (χ0v) is 52.1. The van der Waals surface area contributed by atoms with Crippen LogP contribution in [0, 0.1) is 66.0 Å². The zero-order valence-electron chi connectivity index (χ0n) is 50.5. The number of carbonyl (C=O) groups excluding carboxylic acids is 3. The third kappa shape index (κ3) is 8.98. The van der Waals surface area contributed by atoms with E-state index in [1.807, 2.05) is 69.3 Å². The smallest absolute Gasteiger partial charge is 0.312 e. The summed E-state index contributed by atoms with van der Waals surface area (Å²) in [6.07, 6.45) is 25.9. The summed E-state index contributed by atoms with van der Waals surface area (Å²) in [4.78, 5) is 51.2. The number of ether oxygens (including phenoxy) is 1. The summed E-state index contributed by atoms with van der Waals surface area (Å²) in [6, 6.07) is 20.2. The number of carbonyl (C=O) groups is 4. The maximum Gasteiger partial charge on any atom is 0.312 e. The van der Waals surface area contributed by atoms with Gasteiger partial charge in [0.2, 0.25) is 11.6 Å². The molecule has 0 spiro atoms. The number of ketones is 2. The van der Waals surface area contributed by atoms with Gasteiger partial charge in [0.05, 0.1) is 10.8 Å². The van der Waals surface area contributed by atoms with Gasteiger partial charge in [-0.25, -0.2) is 0 Å². The Kier molecular flexibility index (Phi) is 14.7. The molecular formula is C72H89BrO8. The van der Waals surface area contributed by atoms with E-state index >= 15 is 0 Å².